The highest BCUT2D eigenvalue weighted by atomic mass is 32.2. The van der Waals surface area contributed by atoms with Gasteiger partial charge in [-0.05, 0) is 12.1 Å². The van der Waals surface area contributed by atoms with E-state index in [4.69, 9.17) is 5.11 Å². The summed E-state index contributed by atoms with van der Waals surface area (Å²) in [5, 5.41) is 9.29. The lowest BCUT2D eigenvalue weighted by Crippen LogP contribution is -2.05. The summed E-state index contributed by atoms with van der Waals surface area (Å²) in [7, 11) is 0. The molecule has 0 aliphatic rings. The standard InChI is InChI=1S/C10H8N2O3S2/c13-8-3-4-11-10(12-8)16-5-6-1-2-7(17-6)9(14)15/h1-4H,5H2,(H,14,15)(H,11,12,13). The van der Waals surface area contributed by atoms with Gasteiger partial charge in [0.2, 0.25) is 0 Å². The molecular weight excluding hydrogens is 260 g/mol. The molecule has 0 saturated heterocycles. The Morgan fingerprint density at radius 2 is 2.29 bits per heavy atom. The molecule has 0 atom stereocenters. The second-order valence-electron chi connectivity index (χ2n) is 3.10. The van der Waals surface area contributed by atoms with Gasteiger partial charge < -0.3 is 10.1 Å². The molecule has 0 aliphatic carbocycles. The average Bonchev–Trinajstić information content (AvgIpc) is 2.75. The van der Waals surface area contributed by atoms with Crippen LogP contribution < -0.4 is 5.56 Å². The van der Waals surface area contributed by atoms with Gasteiger partial charge in [0.1, 0.15) is 4.88 Å². The van der Waals surface area contributed by atoms with E-state index < -0.39 is 5.97 Å². The second kappa shape index (κ2) is 5.15. The molecule has 0 aromatic carbocycles. The van der Waals surface area contributed by atoms with Gasteiger partial charge in [0.25, 0.3) is 5.56 Å². The van der Waals surface area contributed by atoms with E-state index in [-0.39, 0.29) is 5.56 Å². The van der Waals surface area contributed by atoms with Crippen molar-refractivity contribution in [2.45, 2.75) is 10.9 Å². The summed E-state index contributed by atoms with van der Waals surface area (Å²) in [6.45, 7) is 0. The highest BCUT2D eigenvalue weighted by molar-refractivity contribution is 7.98. The number of nitrogens with zero attached hydrogens (tertiary/aromatic N) is 1. The lowest BCUT2D eigenvalue weighted by molar-refractivity contribution is 0.0702. The van der Waals surface area contributed by atoms with Gasteiger partial charge in [0, 0.05) is 22.9 Å². The normalized spacial score (nSPS) is 10.4. The van der Waals surface area contributed by atoms with Gasteiger partial charge >= 0.3 is 5.97 Å². The molecule has 2 aromatic rings. The Morgan fingerprint density at radius 1 is 1.47 bits per heavy atom. The number of rotatable bonds is 4. The predicted molar refractivity (Wildman–Crippen MR) is 65.7 cm³/mol. The van der Waals surface area contributed by atoms with E-state index in [1.807, 2.05) is 0 Å². The van der Waals surface area contributed by atoms with Crippen molar-refractivity contribution < 1.29 is 9.90 Å². The minimum Gasteiger partial charge on any atom is -0.477 e. The Labute approximate surface area is 105 Å². The van der Waals surface area contributed by atoms with Gasteiger partial charge in [-0.2, -0.15) is 0 Å². The van der Waals surface area contributed by atoms with E-state index in [1.54, 1.807) is 12.1 Å². The quantitative estimate of drug-likeness (QED) is 0.653. The van der Waals surface area contributed by atoms with Crippen molar-refractivity contribution in [3.05, 3.63) is 44.5 Å². The second-order valence-corrected chi connectivity index (χ2v) is 5.23. The molecule has 17 heavy (non-hydrogen) atoms. The van der Waals surface area contributed by atoms with Crippen molar-refractivity contribution in [1.82, 2.24) is 9.97 Å². The first kappa shape index (κ1) is 11.9. The molecule has 2 rings (SSSR count). The number of hydrogen-bond donors (Lipinski definition) is 2. The number of H-pyrrole nitrogens is 1. The van der Waals surface area contributed by atoms with Crippen LogP contribution in [-0.4, -0.2) is 21.0 Å². The lowest BCUT2D eigenvalue weighted by atomic mass is 10.4. The van der Waals surface area contributed by atoms with Crippen LogP contribution in [0.25, 0.3) is 0 Å². The number of carbonyl (C=O) groups is 1. The highest BCUT2D eigenvalue weighted by Gasteiger charge is 2.07. The van der Waals surface area contributed by atoms with Gasteiger partial charge in [0.15, 0.2) is 5.16 Å². The smallest absolute Gasteiger partial charge is 0.345 e. The van der Waals surface area contributed by atoms with E-state index in [1.165, 1.54) is 35.4 Å². The van der Waals surface area contributed by atoms with E-state index >= 15 is 0 Å². The Balaban J connectivity index is 2.02. The van der Waals surface area contributed by atoms with Crippen LogP contribution in [0, 0.1) is 0 Å². The van der Waals surface area contributed by atoms with E-state index in [0.29, 0.717) is 15.8 Å². The first-order chi connectivity index (χ1) is 8.15. The van der Waals surface area contributed by atoms with E-state index in [0.717, 1.165) is 4.88 Å². The predicted octanol–water partition coefficient (Wildman–Crippen LogP) is 1.82. The zero-order valence-corrected chi connectivity index (χ0v) is 10.2. The Kier molecular flexibility index (Phi) is 3.60. The van der Waals surface area contributed by atoms with E-state index in [2.05, 4.69) is 9.97 Å². The topological polar surface area (TPSA) is 83.0 Å². The molecule has 88 valence electrons. The molecular formula is C10H8N2O3S2. The van der Waals surface area contributed by atoms with Crippen LogP contribution in [0.3, 0.4) is 0 Å². The third-order valence-corrected chi connectivity index (χ3v) is 4.06. The Bertz CT molecular complexity index is 591. The van der Waals surface area contributed by atoms with Crippen LogP contribution >= 0.6 is 23.1 Å². The van der Waals surface area contributed by atoms with Crippen molar-refractivity contribution in [2.24, 2.45) is 0 Å². The molecule has 2 heterocycles. The SMILES string of the molecule is O=C(O)c1ccc(CSc2nccc(=O)[nH]2)s1. The molecule has 0 aliphatic heterocycles. The van der Waals surface area contributed by atoms with Crippen molar-refractivity contribution in [3.8, 4) is 0 Å². The van der Waals surface area contributed by atoms with Crippen LogP contribution in [0.5, 0.6) is 0 Å². The maximum Gasteiger partial charge on any atom is 0.345 e. The first-order valence-electron chi connectivity index (χ1n) is 4.65. The molecule has 0 radical (unpaired) electrons. The Hall–Kier alpha value is -1.60. The fourth-order valence-corrected chi connectivity index (χ4v) is 2.87. The van der Waals surface area contributed by atoms with Gasteiger partial charge in [-0.25, -0.2) is 9.78 Å². The lowest BCUT2D eigenvalue weighted by Gasteiger charge is -1.97. The summed E-state index contributed by atoms with van der Waals surface area (Å²) in [5.74, 6) is -0.331. The molecule has 0 saturated carbocycles. The van der Waals surface area contributed by atoms with Crippen LogP contribution in [0.15, 0.2) is 34.3 Å². The zero-order valence-electron chi connectivity index (χ0n) is 8.54. The fraction of sp³-hybridized carbons (Fsp3) is 0.100. The molecule has 5 nitrogen and oxygen atoms in total. The molecule has 2 N–H and O–H groups in total. The van der Waals surface area contributed by atoms with Crippen molar-refractivity contribution in [2.75, 3.05) is 0 Å². The van der Waals surface area contributed by atoms with Crippen molar-refractivity contribution in [3.63, 3.8) is 0 Å². The number of aromatic nitrogens is 2. The largest absolute Gasteiger partial charge is 0.477 e. The summed E-state index contributed by atoms with van der Waals surface area (Å²) in [4.78, 5) is 29.5. The first-order valence-corrected chi connectivity index (χ1v) is 6.45. The summed E-state index contributed by atoms with van der Waals surface area (Å²) in [6, 6.07) is 4.68. The molecule has 0 fully saturated rings. The molecule has 0 amide bonds. The van der Waals surface area contributed by atoms with Crippen LogP contribution in [0.4, 0.5) is 0 Å². The maximum absolute atomic E-state index is 11.0. The van der Waals surface area contributed by atoms with E-state index in [9.17, 15) is 9.59 Å². The third-order valence-electron chi connectivity index (χ3n) is 1.87. The third kappa shape index (κ3) is 3.18. The average molecular weight is 268 g/mol. The Morgan fingerprint density at radius 3 is 2.94 bits per heavy atom. The van der Waals surface area contributed by atoms with Crippen LogP contribution in [0.2, 0.25) is 0 Å². The number of carboxylic acid groups (broad SMARTS) is 1. The zero-order chi connectivity index (χ0) is 12.3. The van der Waals surface area contributed by atoms with Crippen LogP contribution in [0.1, 0.15) is 14.5 Å². The minimum absolute atomic E-state index is 0.195. The highest BCUT2D eigenvalue weighted by Crippen LogP contribution is 2.24. The van der Waals surface area contributed by atoms with Crippen molar-refractivity contribution in [1.29, 1.82) is 0 Å². The van der Waals surface area contributed by atoms with Gasteiger partial charge in [-0.15, -0.1) is 11.3 Å². The molecule has 0 spiro atoms. The number of hydrogen-bond acceptors (Lipinski definition) is 5. The van der Waals surface area contributed by atoms with Crippen LogP contribution in [-0.2, 0) is 5.75 Å². The number of thiophene rings is 1. The molecule has 0 bridgehead atoms. The number of carboxylic acids is 1. The molecule has 7 heteroatoms. The fourth-order valence-electron chi connectivity index (χ4n) is 1.14. The van der Waals surface area contributed by atoms with Crippen molar-refractivity contribution >= 4 is 29.1 Å². The number of aromatic amines is 1. The number of aromatic carboxylic acids is 1. The van der Waals surface area contributed by atoms with Gasteiger partial charge in [0.05, 0.1) is 0 Å². The molecule has 0 unspecified atom stereocenters. The maximum atomic E-state index is 11.0. The summed E-state index contributed by atoms with van der Waals surface area (Å²) in [6.07, 6.45) is 1.44. The summed E-state index contributed by atoms with van der Waals surface area (Å²) < 4.78 is 0. The molecule has 2 aromatic heterocycles. The van der Waals surface area contributed by atoms with Gasteiger partial charge in [-0.1, -0.05) is 11.8 Å². The minimum atomic E-state index is -0.919. The monoisotopic (exact) mass is 268 g/mol. The number of nitrogens with one attached hydrogen (secondary N) is 1. The number of thioether (sulfide) groups is 1. The van der Waals surface area contributed by atoms with Gasteiger partial charge in [-0.3, -0.25) is 4.79 Å². The summed E-state index contributed by atoms with van der Waals surface area (Å²) in [5.41, 5.74) is -0.195. The summed E-state index contributed by atoms with van der Waals surface area (Å²) >= 11 is 2.59.